The molecule has 0 aliphatic carbocycles. The van der Waals surface area contributed by atoms with Crippen molar-refractivity contribution in [3.05, 3.63) is 12.7 Å². The van der Waals surface area contributed by atoms with E-state index in [1.165, 1.54) is 0 Å². The molecular formula is C13H26N2OS. The van der Waals surface area contributed by atoms with Gasteiger partial charge in [0.05, 0.1) is 6.04 Å². The van der Waals surface area contributed by atoms with Crippen LogP contribution in [-0.2, 0) is 4.79 Å². The van der Waals surface area contributed by atoms with Gasteiger partial charge in [0.15, 0.2) is 0 Å². The van der Waals surface area contributed by atoms with Crippen LogP contribution in [0.2, 0.25) is 0 Å². The summed E-state index contributed by atoms with van der Waals surface area (Å²) in [5.74, 6) is 0.0344. The van der Waals surface area contributed by atoms with Crippen LogP contribution in [0.1, 0.15) is 33.6 Å². The molecule has 1 atom stereocenters. The van der Waals surface area contributed by atoms with Crippen molar-refractivity contribution in [2.75, 3.05) is 19.3 Å². The molecule has 0 aliphatic rings. The van der Waals surface area contributed by atoms with Crippen molar-refractivity contribution in [3.8, 4) is 0 Å². The Labute approximate surface area is 110 Å². The summed E-state index contributed by atoms with van der Waals surface area (Å²) in [6.45, 7) is 11.3. The van der Waals surface area contributed by atoms with Crippen LogP contribution < -0.4 is 10.6 Å². The van der Waals surface area contributed by atoms with E-state index in [1.54, 1.807) is 6.08 Å². The molecule has 0 radical (unpaired) electrons. The highest BCUT2D eigenvalue weighted by Crippen LogP contribution is 2.29. The Bertz CT molecular complexity index is 231. The van der Waals surface area contributed by atoms with Gasteiger partial charge in [0.1, 0.15) is 0 Å². The molecule has 0 aromatic rings. The maximum atomic E-state index is 11.7. The minimum absolute atomic E-state index is 0.0344. The van der Waals surface area contributed by atoms with Crippen molar-refractivity contribution in [2.24, 2.45) is 0 Å². The Morgan fingerprint density at radius 3 is 2.47 bits per heavy atom. The van der Waals surface area contributed by atoms with E-state index in [-0.39, 0.29) is 16.7 Å². The summed E-state index contributed by atoms with van der Waals surface area (Å²) in [5.41, 5.74) is 0. The molecule has 0 spiro atoms. The molecule has 0 aliphatic heterocycles. The first-order valence-corrected chi connectivity index (χ1v) is 7.44. The number of rotatable bonds is 9. The van der Waals surface area contributed by atoms with Gasteiger partial charge >= 0.3 is 0 Å². The molecule has 100 valence electrons. The van der Waals surface area contributed by atoms with Crippen molar-refractivity contribution in [3.63, 3.8) is 0 Å². The Hall–Kier alpha value is -0.480. The van der Waals surface area contributed by atoms with Crippen LogP contribution in [-0.4, -0.2) is 36.0 Å². The SMILES string of the molecule is C=CCNC(=O)C(C)NCC(CC)(CC)SC. The van der Waals surface area contributed by atoms with E-state index in [0.29, 0.717) is 6.54 Å². The van der Waals surface area contributed by atoms with E-state index in [9.17, 15) is 4.79 Å². The summed E-state index contributed by atoms with van der Waals surface area (Å²) < 4.78 is 0.243. The molecule has 1 unspecified atom stereocenters. The van der Waals surface area contributed by atoms with Crippen LogP contribution in [0.3, 0.4) is 0 Å². The Balaban J connectivity index is 4.16. The number of carbonyl (C=O) groups excluding carboxylic acids is 1. The summed E-state index contributed by atoms with van der Waals surface area (Å²) in [7, 11) is 0. The molecule has 3 nitrogen and oxygen atoms in total. The summed E-state index contributed by atoms with van der Waals surface area (Å²) in [6, 6.07) is -0.153. The van der Waals surface area contributed by atoms with Gasteiger partial charge in [-0.15, -0.1) is 6.58 Å². The van der Waals surface area contributed by atoms with Crippen LogP contribution in [0.25, 0.3) is 0 Å². The number of hydrogen-bond donors (Lipinski definition) is 2. The zero-order valence-corrected chi connectivity index (χ0v) is 12.3. The number of hydrogen-bond acceptors (Lipinski definition) is 3. The van der Waals surface area contributed by atoms with Crippen molar-refractivity contribution < 1.29 is 4.79 Å². The first-order valence-electron chi connectivity index (χ1n) is 6.22. The molecule has 0 fully saturated rings. The molecule has 0 heterocycles. The molecular weight excluding hydrogens is 232 g/mol. The van der Waals surface area contributed by atoms with Gasteiger partial charge in [0.25, 0.3) is 0 Å². The second-order valence-electron chi connectivity index (χ2n) is 4.23. The molecule has 0 saturated heterocycles. The molecule has 17 heavy (non-hydrogen) atoms. The largest absolute Gasteiger partial charge is 0.351 e. The molecule has 0 aromatic heterocycles. The molecule has 0 rings (SSSR count). The van der Waals surface area contributed by atoms with E-state index in [2.05, 4.69) is 37.3 Å². The smallest absolute Gasteiger partial charge is 0.237 e. The predicted molar refractivity (Wildman–Crippen MR) is 77.5 cm³/mol. The van der Waals surface area contributed by atoms with Gasteiger partial charge in [-0.1, -0.05) is 19.9 Å². The molecule has 4 heteroatoms. The number of nitrogens with one attached hydrogen (secondary N) is 2. The predicted octanol–water partition coefficient (Wildman–Crippen LogP) is 2.19. The van der Waals surface area contributed by atoms with Gasteiger partial charge in [0, 0.05) is 17.8 Å². The molecule has 1 amide bonds. The zero-order valence-electron chi connectivity index (χ0n) is 11.5. The summed E-state index contributed by atoms with van der Waals surface area (Å²) in [6.07, 6.45) is 6.04. The third-order valence-corrected chi connectivity index (χ3v) is 4.85. The average molecular weight is 258 g/mol. The van der Waals surface area contributed by atoms with Crippen molar-refractivity contribution >= 4 is 17.7 Å². The van der Waals surface area contributed by atoms with Gasteiger partial charge in [-0.25, -0.2) is 0 Å². The Morgan fingerprint density at radius 1 is 1.47 bits per heavy atom. The number of carbonyl (C=O) groups is 1. The lowest BCUT2D eigenvalue weighted by Crippen LogP contribution is -2.47. The second-order valence-corrected chi connectivity index (χ2v) is 5.50. The van der Waals surface area contributed by atoms with Crippen molar-refractivity contribution in [1.82, 2.24) is 10.6 Å². The molecule has 0 saturated carbocycles. The lowest BCUT2D eigenvalue weighted by molar-refractivity contribution is -0.122. The highest BCUT2D eigenvalue weighted by molar-refractivity contribution is 8.00. The van der Waals surface area contributed by atoms with E-state index in [1.807, 2.05) is 18.7 Å². The summed E-state index contributed by atoms with van der Waals surface area (Å²) in [5, 5.41) is 6.11. The second kappa shape index (κ2) is 8.59. The monoisotopic (exact) mass is 258 g/mol. The third kappa shape index (κ3) is 5.59. The highest BCUT2D eigenvalue weighted by Gasteiger charge is 2.26. The first kappa shape index (κ1) is 16.5. The van der Waals surface area contributed by atoms with E-state index >= 15 is 0 Å². The third-order valence-electron chi connectivity index (χ3n) is 3.27. The van der Waals surface area contributed by atoms with E-state index in [0.717, 1.165) is 19.4 Å². The number of thioether (sulfide) groups is 1. The fourth-order valence-electron chi connectivity index (χ4n) is 1.62. The van der Waals surface area contributed by atoms with E-state index < -0.39 is 0 Å². The fraction of sp³-hybridized carbons (Fsp3) is 0.769. The van der Waals surface area contributed by atoms with Crippen molar-refractivity contribution in [1.29, 1.82) is 0 Å². The standard InChI is InChI=1S/C13H26N2OS/c1-6-9-14-12(16)11(4)15-10-13(7-2,8-3)17-5/h6,11,15H,1,7-10H2,2-5H3,(H,14,16). The van der Waals surface area contributed by atoms with Gasteiger partial charge in [-0.3, -0.25) is 4.79 Å². The van der Waals surface area contributed by atoms with Crippen LogP contribution in [0.15, 0.2) is 12.7 Å². The Kier molecular flexibility index (Phi) is 8.35. The average Bonchev–Trinajstić information content (AvgIpc) is 2.37. The minimum Gasteiger partial charge on any atom is -0.351 e. The van der Waals surface area contributed by atoms with Crippen LogP contribution in [0.4, 0.5) is 0 Å². The topological polar surface area (TPSA) is 41.1 Å². The zero-order chi connectivity index (χ0) is 13.3. The first-order chi connectivity index (χ1) is 8.05. The lowest BCUT2D eigenvalue weighted by atomic mass is 10.0. The molecule has 0 aromatic carbocycles. The van der Waals surface area contributed by atoms with Crippen LogP contribution in [0, 0.1) is 0 Å². The minimum atomic E-state index is -0.153. The van der Waals surface area contributed by atoms with E-state index in [4.69, 9.17) is 0 Å². The molecule has 2 N–H and O–H groups in total. The van der Waals surface area contributed by atoms with Crippen LogP contribution in [0.5, 0.6) is 0 Å². The highest BCUT2D eigenvalue weighted by atomic mass is 32.2. The summed E-state index contributed by atoms with van der Waals surface area (Å²) >= 11 is 1.88. The van der Waals surface area contributed by atoms with Crippen LogP contribution >= 0.6 is 11.8 Å². The quantitative estimate of drug-likeness (QED) is 0.623. The van der Waals surface area contributed by atoms with Gasteiger partial charge in [-0.05, 0) is 26.0 Å². The maximum absolute atomic E-state index is 11.7. The Morgan fingerprint density at radius 2 is 2.06 bits per heavy atom. The summed E-state index contributed by atoms with van der Waals surface area (Å²) in [4.78, 5) is 11.7. The van der Waals surface area contributed by atoms with Crippen molar-refractivity contribution in [2.45, 2.75) is 44.4 Å². The van der Waals surface area contributed by atoms with Gasteiger partial charge in [0.2, 0.25) is 5.91 Å². The normalized spacial score (nSPS) is 13.2. The maximum Gasteiger partial charge on any atom is 0.237 e. The van der Waals surface area contributed by atoms with Gasteiger partial charge in [-0.2, -0.15) is 11.8 Å². The lowest BCUT2D eigenvalue weighted by Gasteiger charge is -2.31. The molecule has 0 bridgehead atoms. The van der Waals surface area contributed by atoms with Gasteiger partial charge < -0.3 is 10.6 Å². The fourth-order valence-corrected chi connectivity index (χ4v) is 2.42. The number of amides is 1.